The number of nitrogens with one attached hydrogen (secondary N) is 2. The topological polar surface area (TPSA) is 113 Å². The summed E-state index contributed by atoms with van der Waals surface area (Å²) in [6.07, 6.45) is 4.23. The molecule has 3 amide bonds. The molecule has 3 heterocycles. The van der Waals surface area contributed by atoms with Crippen LogP contribution in [0, 0.1) is 0 Å². The summed E-state index contributed by atoms with van der Waals surface area (Å²) in [4.78, 5) is 55.3. The maximum absolute atomic E-state index is 12.8. The van der Waals surface area contributed by atoms with Crippen LogP contribution in [0.5, 0.6) is 0 Å². The Bertz CT molecular complexity index is 1240. The van der Waals surface area contributed by atoms with Crippen LogP contribution in [0.15, 0.2) is 59.8 Å². The summed E-state index contributed by atoms with van der Waals surface area (Å²) in [6.45, 7) is 0.255. The number of carbonyl (C=O) groups excluding carboxylic acids is 3. The zero-order chi connectivity index (χ0) is 22.8. The summed E-state index contributed by atoms with van der Waals surface area (Å²) in [5.41, 5.74) is 0.653. The lowest BCUT2D eigenvalue weighted by Gasteiger charge is -2.19. The highest BCUT2D eigenvalue weighted by Gasteiger charge is 2.40. The molecule has 1 aromatic carbocycles. The van der Waals surface area contributed by atoms with Gasteiger partial charge in [-0.25, -0.2) is 0 Å². The molecule has 0 unspecified atom stereocenters. The van der Waals surface area contributed by atoms with Crippen molar-refractivity contribution >= 4 is 40.7 Å². The highest BCUT2D eigenvalue weighted by molar-refractivity contribution is 7.18. The minimum atomic E-state index is -0.896. The molecule has 1 saturated heterocycles. The van der Waals surface area contributed by atoms with Crippen LogP contribution in [0.2, 0.25) is 4.34 Å². The Kier molecular flexibility index (Phi) is 6.06. The summed E-state index contributed by atoms with van der Waals surface area (Å²) >= 11 is 6.99. The van der Waals surface area contributed by atoms with Crippen LogP contribution in [0.4, 0.5) is 0 Å². The molecular weight excluding hydrogens is 454 g/mol. The van der Waals surface area contributed by atoms with Gasteiger partial charge in [0.1, 0.15) is 6.04 Å². The van der Waals surface area contributed by atoms with E-state index in [1.165, 1.54) is 28.1 Å². The number of carbonyl (C=O) groups is 3. The Morgan fingerprint density at radius 1 is 1.09 bits per heavy atom. The Morgan fingerprint density at radius 2 is 1.84 bits per heavy atom. The highest BCUT2D eigenvalue weighted by atomic mass is 35.5. The van der Waals surface area contributed by atoms with Gasteiger partial charge in [0.25, 0.3) is 17.4 Å². The van der Waals surface area contributed by atoms with Gasteiger partial charge in [-0.05, 0) is 36.4 Å². The normalized spacial score (nSPS) is 17.9. The van der Waals surface area contributed by atoms with Gasteiger partial charge in [-0.3, -0.25) is 28.7 Å². The van der Waals surface area contributed by atoms with Gasteiger partial charge in [0.15, 0.2) is 0 Å². The number of amides is 3. The Hall–Kier alpha value is -3.50. The molecular formula is C21H18ClN5O4S. The van der Waals surface area contributed by atoms with Crippen LogP contribution >= 0.6 is 22.9 Å². The first kappa shape index (κ1) is 21.7. The summed E-state index contributed by atoms with van der Waals surface area (Å²) in [6, 6.07) is 8.12. The van der Waals surface area contributed by atoms with Crippen molar-refractivity contribution in [3.63, 3.8) is 0 Å². The lowest BCUT2D eigenvalue weighted by molar-refractivity contribution is -0.128. The van der Waals surface area contributed by atoms with E-state index in [0.29, 0.717) is 20.5 Å². The Labute approximate surface area is 191 Å². The van der Waals surface area contributed by atoms with E-state index in [9.17, 15) is 19.2 Å². The van der Waals surface area contributed by atoms with Gasteiger partial charge in [0, 0.05) is 37.2 Å². The van der Waals surface area contributed by atoms with Crippen molar-refractivity contribution in [1.29, 1.82) is 0 Å². The van der Waals surface area contributed by atoms with Crippen LogP contribution in [0.1, 0.15) is 20.0 Å². The first-order valence-electron chi connectivity index (χ1n) is 9.58. The average molecular weight is 472 g/mol. The number of hydrogen-bond donors (Lipinski definition) is 2. The summed E-state index contributed by atoms with van der Waals surface area (Å²) in [5.74, 6) is -1.12. The van der Waals surface area contributed by atoms with Crippen LogP contribution < -0.4 is 16.2 Å². The van der Waals surface area contributed by atoms with E-state index in [0.717, 1.165) is 11.3 Å². The standard InChI is InChI=1S/C21H18ClN5O4S/c1-26-11-14(18(21(26)31)25-20(30)15-6-7-16(22)32-15)24-19(29)12-2-4-13(5-3-12)27-9-8-23-10-17(27)28/h2-10,14,18H,11H2,1H3,(H,24,29)(H,25,30)/t14-,18-/m0/s1. The Morgan fingerprint density at radius 3 is 2.50 bits per heavy atom. The van der Waals surface area contributed by atoms with E-state index in [1.54, 1.807) is 43.4 Å². The molecule has 1 aliphatic rings. The van der Waals surface area contributed by atoms with Gasteiger partial charge in [-0.15, -0.1) is 11.3 Å². The number of likely N-dealkylation sites (N-methyl/N-ethyl adjacent to an activating group) is 1. The third kappa shape index (κ3) is 4.41. The van der Waals surface area contributed by atoms with E-state index in [1.807, 2.05) is 0 Å². The molecule has 3 aromatic rings. The molecule has 1 aliphatic heterocycles. The van der Waals surface area contributed by atoms with Crippen molar-refractivity contribution in [1.82, 2.24) is 25.1 Å². The number of benzene rings is 1. The Balaban J connectivity index is 1.47. The summed E-state index contributed by atoms with van der Waals surface area (Å²) in [5, 5.41) is 5.52. The van der Waals surface area contributed by atoms with Crippen LogP contribution in [-0.4, -0.2) is 57.8 Å². The predicted molar refractivity (Wildman–Crippen MR) is 119 cm³/mol. The van der Waals surface area contributed by atoms with Crippen LogP contribution in [0.25, 0.3) is 5.69 Å². The maximum atomic E-state index is 12.8. The van der Waals surface area contributed by atoms with Crippen molar-refractivity contribution < 1.29 is 14.4 Å². The lowest BCUT2D eigenvalue weighted by atomic mass is 10.1. The quantitative estimate of drug-likeness (QED) is 0.582. The second-order valence-corrected chi connectivity index (χ2v) is 8.90. The van der Waals surface area contributed by atoms with E-state index in [-0.39, 0.29) is 18.0 Å². The molecule has 9 nitrogen and oxygen atoms in total. The van der Waals surface area contributed by atoms with Crippen molar-refractivity contribution in [3.8, 4) is 5.69 Å². The molecule has 32 heavy (non-hydrogen) atoms. The second kappa shape index (κ2) is 8.93. The third-order valence-corrected chi connectivity index (χ3v) is 6.28. The average Bonchev–Trinajstić information content (AvgIpc) is 3.33. The third-order valence-electron chi connectivity index (χ3n) is 5.05. The molecule has 0 saturated carbocycles. The lowest BCUT2D eigenvalue weighted by Crippen LogP contribution is -2.52. The first-order valence-corrected chi connectivity index (χ1v) is 10.8. The van der Waals surface area contributed by atoms with E-state index in [4.69, 9.17) is 11.6 Å². The number of thiophene rings is 1. The zero-order valence-electron chi connectivity index (χ0n) is 16.8. The molecule has 11 heteroatoms. The monoisotopic (exact) mass is 471 g/mol. The minimum absolute atomic E-state index is 0.255. The second-order valence-electron chi connectivity index (χ2n) is 7.19. The molecule has 2 atom stereocenters. The molecule has 1 fully saturated rings. The fourth-order valence-corrected chi connectivity index (χ4v) is 4.37. The first-order chi connectivity index (χ1) is 15.3. The number of aromatic nitrogens is 2. The van der Waals surface area contributed by atoms with Gasteiger partial charge in [0.2, 0.25) is 5.91 Å². The largest absolute Gasteiger partial charge is 0.345 e. The van der Waals surface area contributed by atoms with Gasteiger partial charge >= 0.3 is 0 Å². The van der Waals surface area contributed by atoms with E-state index in [2.05, 4.69) is 15.6 Å². The fraction of sp³-hybridized carbons (Fsp3) is 0.190. The number of nitrogens with zero attached hydrogens (tertiary/aromatic N) is 3. The fourth-order valence-electron chi connectivity index (χ4n) is 3.43. The number of likely N-dealkylation sites (tertiary alicyclic amines) is 1. The molecule has 2 N–H and O–H groups in total. The molecule has 164 valence electrons. The van der Waals surface area contributed by atoms with E-state index < -0.39 is 23.9 Å². The molecule has 0 spiro atoms. The SMILES string of the molecule is CN1C[C@H](NC(=O)c2ccc(-n3ccncc3=O)cc2)[C@H](NC(=O)c2ccc(Cl)s2)C1=O. The van der Waals surface area contributed by atoms with Crippen molar-refractivity contribution in [2.45, 2.75) is 12.1 Å². The number of hydrogen-bond acceptors (Lipinski definition) is 6. The number of halogens is 1. The van der Waals surface area contributed by atoms with Crippen LogP contribution in [-0.2, 0) is 4.79 Å². The van der Waals surface area contributed by atoms with Gasteiger partial charge < -0.3 is 15.5 Å². The van der Waals surface area contributed by atoms with E-state index >= 15 is 0 Å². The van der Waals surface area contributed by atoms with Gasteiger partial charge in [-0.1, -0.05) is 11.6 Å². The highest BCUT2D eigenvalue weighted by Crippen LogP contribution is 2.22. The molecule has 4 rings (SSSR count). The van der Waals surface area contributed by atoms with Crippen molar-refractivity contribution in [3.05, 3.63) is 80.1 Å². The predicted octanol–water partition coefficient (Wildman–Crippen LogP) is 1.32. The number of rotatable bonds is 5. The van der Waals surface area contributed by atoms with Crippen molar-refractivity contribution in [2.24, 2.45) is 0 Å². The van der Waals surface area contributed by atoms with Crippen molar-refractivity contribution in [2.75, 3.05) is 13.6 Å². The van der Waals surface area contributed by atoms with Gasteiger partial charge in [-0.2, -0.15) is 0 Å². The smallest absolute Gasteiger partial charge is 0.273 e. The minimum Gasteiger partial charge on any atom is -0.345 e. The molecule has 2 aromatic heterocycles. The van der Waals surface area contributed by atoms with Crippen LogP contribution in [0.3, 0.4) is 0 Å². The summed E-state index contributed by atoms with van der Waals surface area (Å²) in [7, 11) is 1.61. The van der Waals surface area contributed by atoms with Gasteiger partial charge in [0.05, 0.1) is 21.5 Å². The zero-order valence-corrected chi connectivity index (χ0v) is 18.4. The maximum Gasteiger partial charge on any atom is 0.273 e. The molecule has 0 aliphatic carbocycles. The summed E-state index contributed by atoms with van der Waals surface area (Å²) < 4.78 is 1.87. The molecule has 0 radical (unpaired) electrons. The molecule has 0 bridgehead atoms.